The lowest BCUT2D eigenvalue weighted by atomic mass is 10.2. The first kappa shape index (κ1) is 18.5. The highest BCUT2D eigenvalue weighted by atomic mass is 16.5. The second-order valence-corrected chi connectivity index (χ2v) is 6.37. The van der Waals surface area contributed by atoms with Crippen molar-refractivity contribution in [3.63, 3.8) is 0 Å². The molecule has 0 radical (unpaired) electrons. The summed E-state index contributed by atoms with van der Waals surface area (Å²) >= 11 is 0. The molecule has 0 saturated carbocycles. The fourth-order valence-corrected chi connectivity index (χ4v) is 2.35. The summed E-state index contributed by atoms with van der Waals surface area (Å²) in [5.74, 6) is 0.915. The van der Waals surface area contributed by atoms with Crippen LogP contribution in [0.25, 0.3) is 0 Å². The number of nitrogens with one attached hydrogen (secondary N) is 1. The molecule has 0 spiro atoms. The molecule has 24 heavy (non-hydrogen) atoms. The van der Waals surface area contributed by atoms with Crippen LogP contribution >= 0.6 is 0 Å². The van der Waals surface area contributed by atoms with E-state index in [1.165, 1.54) is 16.7 Å². The molecular formula is C21H29NO2. The number of benzene rings is 2. The van der Waals surface area contributed by atoms with E-state index in [-0.39, 0.29) is 0 Å². The third-order valence-electron chi connectivity index (χ3n) is 3.70. The van der Waals surface area contributed by atoms with Crippen molar-refractivity contribution in [3.05, 3.63) is 65.2 Å². The SMILES string of the molecule is Cc1ccc(COc2cccc(CNCCCOC(C)C)c2)cc1. The second kappa shape index (κ2) is 10.1. The predicted octanol–water partition coefficient (Wildman–Crippen LogP) is 4.48. The highest BCUT2D eigenvalue weighted by Gasteiger charge is 1.99. The highest BCUT2D eigenvalue weighted by Crippen LogP contribution is 2.15. The lowest BCUT2D eigenvalue weighted by Gasteiger charge is -2.10. The zero-order valence-electron chi connectivity index (χ0n) is 15.0. The lowest BCUT2D eigenvalue weighted by Crippen LogP contribution is -2.17. The Morgan fingerprint density at radius 2 is 1.79 bits per heavy atom. The fraction of sp³-hybridized carbons (Fsp3) is 0.429. The molecule has 0 aromatic heterocycles. The topological polar surface area (TPSA) is 30.5 Å². The van der Waals surface area contributed by atoms with Gasteiger partial charge in [0.05, 0.1) is 6.10 Å². The van der Waals surface area contributed by atoms with Crippen LogP contribution in [0.3, 0.4) is 0 Å². The molecule has 0 fully saturated rings. The molecule has 3 heteroatoms. The number of hydrogen-bond acceptors (Lipinski definition) is 3. The highest BCUT2D eigenvalue weighted by molar-refractivity contribution is 5.29. The molecular weight excluding hydrogens is 298 g/mol. The molecule has 130 valence electrons. The van der Waals surface area contributed by atoms with E-state index in [4.69, 9.17) is 9.47 Å². The summed E-state index contributed by atoms with van der Waals surface area (Å²) in [5.41, 5.74) is 3.70. The van der Waals surface area contributed by atoms with Crippen molar-refractivity contribution in [2.75, 3.05) is 13.2 Å². The van der Waals surface area contributed by atoms with Gasteiger partial charge < -0.3 is 14.8 Å². The zero-order chi connectivity index (χ0) is 17.2. The van der Waals surface area contributed by atoms with E-state index in [0.717, 1.165) is 31.9 Å². The third-order valence-corrected chi connectivity index (χ3v) is 3.70. The molecule has 0 aliphatic heterocycles. The summed E-state index contributed by atoms with van der Waals surface area (Å²) in [6.07, 6.45) is 1.34. The Morgan fingerprint density at radius 1 is 1.00 bits per heavy atom. The summed E-state index contributed by atoms with van der Waals surface area (Å²) < 4.78 is 11.4. The Bertz CT molecular complexity index is 593. The van der Waals surface area contributed by atoms with Crippen molar-refractivity contribution in [2.45, 2.75) is 46.4 Å². The molecule has 0 heterocycles. The van der Waals surface area contributed by atoms with Gasteiger partial charge in [-0.15, -0.1) is 0 Å². The maximum atomic E-state index is 5.90. The van der Waals surface area contributed by atoms with E-state index >= 15 is 0 Å². The summed E-state index contributed by atoms with van der Waals surface area (Å²) in [6.45, 7) is 9.44. The number of aryl methyl sites for hydroxylation is 1. The van der Waals surface area contributed by atoms with Crippen LogP contribution in [0.4, 0.5) is 0 Å². The van der Waals surface area contributed by atoms with Gasteiger partial charge in [0, 0.05) is 13.2 Å². The first-order valence-electron chi connectivity index (χ1n) is 8.73. The van der Waals surface area contributed by atoms with Crippen molar-refractivity contribution in [1.29, 1.82) is 0 Å². The molecule has 0 amide bonds. The van der Waals surface area contributed by atoms with Gasteiger partial charge in [-0.1, -0.05) is 42.0 Å². The standard InChI is InChI=1S/C21H29NO2/c1-17(2)23-13-5-12-22-15-20-6-4-7-21(14-20)24-16-19-10-8-18(3)9-11-19/h4,6-11,14,17,22H,5,12-13,15-16H2,1-3H3. The minimum atomic E-state index is 0.312. The second-order valence-electron chi connectivity index (χ2n) is 6.37. The summed E-state index contributed by atoms with van der Waals surface area (Å²) in [5, 5.41) is 3.45. The van der Waals surface area contributed by atoms with Crippen LogP contribution in [-0.2, 0) is 17.9 Å². The van der Waals surface area contributed by atoms with Crippen LogP contribution < -0.4 is 10.1 Å². The van der Waals surface area contributed by atoms with Crippen molar-refractivity contribution < 1.29 is 9.47 Å². The summed E-state index contributed by atoms with van der Waals surface area (Å²) in [6, 6.07) is 16.7. The first-order chi connectivity index (χ1) is 11.6. The zero-order valence-corrected chi connectivity index (χ0v) is 15.0. The quantitative estimate of drug-likeness (QED) is 0.653. The molecule has 2 aromatic rings. The largest absolute Gasteiger partial charge is 0.489 e. The van der Waals surface area contributed by atoms with Gasteiger partial charge in [0.2, 0.25) is 0 Å². The number of rotatable bonds is 10. The van der Waals surface area contributed by atoms with E-state index in [1.54, 1.807) is 0 Å². The fourth-order valence-electron chi connectivity index (χ4n) is 2.35. The van der Waals surface area contributed by atoms with Crippen LogP contribution in [0, 0.1) is 6.92 Å². The Balaban J connectivity index is 1.71. The van der Waals surface area contributed by atoms with Gasteiger partial charge >= 0.3 is 0 Å². The van der Waals surface area contributed by atoms with Gasteiger partial charge in [-0.05, 0) is 57.0 Å². The maximum Gasteiger partial charge on any atom is 0.120 e. The molecule has 0 bridgehead atoms. The van der Waals surface area contributed by atoms with Crippen molar-refractivity contribution in [1.82, 2.24) is 5.32 Å². The number of ether oxygens (including phenoxy) is 2. The van der Waals surface area contributed by atoms with E-state index < -0.39 is 0 Å². The van der Waals surface area contributed by atoms with Crippen LogP contribution in [0.1, 0.15) is 37.0 Å². The van der Waals surface area contributed by atoms with E-state index in [9.17, 15) is 0 Å². The van der Waals surface area contributed by atoms with Crippen LogP contribution in [0.5, 0.6) is 5.75 Å². The van der Waals surface area contributed by atoms with Gasteiger partial charge in [0.1, 0.15) is 12.4 Å². The Kier molecular flexibility index (Phi) is 7.80. The minimum absolute atomic E-state index is 0.312. The molecule has 3 nitrogen and oxygen atoms in total. The monoisotopic (exact) mass is 327 g/mol. The number of hydrogen-bond donors (Lipinski definition) is 1. The van der Waals surface area contributed by atoms with Crippen LogP contribution in [0.15, 0.2) is 48.5 Å². The molecule has 0 aliphatic rings. The van der Waals surface area contributed by atoms with Crippen molar-refractivity contribution in [3.8, 4) is 5.75 Å². The molecule has 2 aromatic carbocycles. The third kappa shape index (κ3) is 7.16. The van der Waals surface area contributed by atoms with Gasteiger partial charge in [0.25, 0.3) is 0 Å². The van der Waals surface area contributed by atoms with E-state index in [0.29, 0.717) is 12.7 Å². The predicted molar refractivity (Wildman–Crippen MR) is 99.4 cm³/mol. The van der Waals surface area contributed by atoms with Crippen molar-refractivity contribution in [2.24, 2.45) is 0 Å². The average Bonchev–Trinajstić information content (AvgIpc) is 2.58. The first-order valence-corrected chi connectivity index (χ1v) is 8.73. The molecule has 0 aliphatic carbocycles. The van der Waals surface area contributed by atoms with Crippen LogP contribution in [0.2, 0.25) is 0 Å². The minimum Gasteiger partial charge on any atom is -0.489 e. The van der Waals surface area contributed by atoms with Gasteiger partial charge in [-0.2, -0.15) is 0 Å². The molecule has 0 saturated heterocycles. The molecule has 0 atom stereocenters. The Labute approximate surface area is 146 Å². The van der Waals surface area contributed by atoms with Gasteiger partial charge in [-0.3, -0.25) is 0 Å². The maximum absolute atomic E-state index is 5.90. The Morgan fingerprint density at radius 3 is 2.54 bits per heavy atom. The van der Waals surface area contributed by atoms with E-state index in [2.05, 4.69) is 62.5 Å². The smallest absolute Gasteiger partial charge is 0.120 e. The summed E-state index contributed by atoms with van der Waals surface area (Å²) in [7, 11) is 0. The Hall–Kier alpha value is -1.84. The summed E-state index contributed by atoms with van der Waals surface area (Å²) in [4.78, 5) is 0. The van der Waals surface area contributed by atoms with Gasteiger partial charge in [-0.25, -0.2) is 0 Å². The van der Waals surface area contributed by atoms with E-state index in [1.807, 2.05) is 12.1 Å². The lowest BCUT2D eigenvalue weighted by molar-refractivity contribution is 0.0770. The normalized spacial score (nSPS) is 11.0. The molecule has 0 unspecified atom stereocenters. The average molecular weight is 327 g/mol. The van der Waals surface area contributed by atoms with Crippen molar-refractivity contribution >= 4 is 0 Å². The molecule has 1 N–H and O–H groups in total. The van der Waals surface area contributed by atoms with Crippen LogP contribution in [-0.4, -0.2) is 19.3 Å². The molecule has 2 rings (SSSR count). The van der Waals surface area contributed by atoms with Gasteiger partial charge in [0.15, 0.2) is 0 Å².